The van der Waals surface area contributed by atoms with Crippen molar-refractivity contribution < 1.29 is 9.59 Å². The Morgan fingerprint density at radius 3 is 2.68 bits per heavy atom. The lowest BCUT2D eigenvalue weighted by Crippen LogP contribution is -2.38. The van der Waals surface area contributed by atoms with Gasteiger partial charge in [-0.3, -0.25) is 9.69 Å². The predicted molar refractivity (Wildman–Crippen MR) is 90.4 cm³/mol. The maximum Gasteiger partial charge on any atom is 0.324 e. The van der Waals surface area contributed by atoms with Crippen LogP contribution in [0.2, 0.25) is 0 Å². The first kappa shape index (κ1) is 16.7. The van der Waals surface area contributed by atoms with Crippen LogP contribution in [0.3, 0.4) is 0 Å². The third-order valence-corrected chi connectivity index (χ3v) is 4.31. The summed E-state index contributed by atoms with van der Waals surface area (Å²) in [5.74, 6) is -0.206. The molecule has 2 rings (SSSR count). The van der Waals surface area contributed by atoms with Crippen LogP contribution in [-0.4, -0.2) is 41.2 Å². The molecule has 0 radical (unpaired) electrons. The number of aryl methyl sites for hydroxylation is 1. The Morgan fingerprint density at radius 2 is 2.14 bits per heavy atom. The Kier molecular flexibility index (Phi) is 5.01. The van der Waals surface area contributed by atoms with Crippen LogP contribution in [0.4, 0.5) is 10.5 Å². The zero-order valence-corrected chi connectivity index (χ0v) is 14.3. The fraction of sp³-hybridized carbons (Fsp3) is 0.500. The maximum atomic E-state index is 12.0. The number of carbonyl (C=O) groups is 2. The second-order valence-corrected chi connectivity index (χ2v) is 8.22. The number of carbonyl (C=O) groups excluding carboxylic acids is 2. The average molecular weight is 321 g/mol. The van der Waals surface area contributed by atoms with Gasteiger partial charge in [0.2, 0.25) is 5.91 Å². The molecule has 2 N–H and O–H groups in total. The summed E-state index contributed by atoms with van der Waals surface area (Å²) in [6.45, 7) is 9.65. The molecule has 6 heteroatoms. The molecule has 1 aromatic rings. The number of imide groups is 1. The molecule has 1 saturated heterocycles. The molecule has 120 valence electrons. The standard InChI is InChI=1S/C16H23N3O2S/c1-11-9-12(22-16(2,3)4)5-6-13(11)18-10-14(20)19-8-7-17-15(19)21/h5-6,9,18H,7-8,10H2,1-4H3,(H,17,21). The Labute approximate surface area is 135 Å². The normalized spacial score (nSPS) is 14.9. The van der Waals surface area contributed by atoms with Gasteiger partial charge in [-0.25, -0.2) is 4.79 Å². The van der Waals surface area contributed by atoms with Gasteiger partial charge in [0.1, 0.15) is 0 Å². The molecular formula is C16H23N3O2S. The van der Waals surface area contributed by atoms with Crippen molar-refractivity contribution >= 4 is 29.4 Å². The molecule has 0 bridgehead atoms. The summed E-state index contributed by atoms with van der Waals surface area (Å²) in [6.07, 6.45) is 0. The summed E-state index contributed by atoms with van der Waals surface area (Å²) in [5, 5.41) is 5.74. The van der Waals surface area contributed by atoms with E-state index >= 15 is 0 Å². The molecule has 1 aliphatic heterocycles. The summed E-state index contributed by atoms with van der Waals surface area (Å²) in [7, 11) is 0. The zero-order valence-electron chi connectivity index (χ0n) is 13.5. The van der Waals surface area contributed by atoms with Crippen LogP contribution in [0.1, 0.15) is 26.3 Å². The van der Waals surface area contributed by atoms with E-state index in [2.05, 4.69) is 43.5 Å². The largest absolute Gasteiger partial charge is 0.376 e. The van der Waals surface area contributed by atoms with E-state index in [1.54, 1.807) is 0 Å². The molecule has 0 unspecified atom stereocenters. The number of amides is 3. The van der Waals surface area contributed by atoms with Crippen molar-refractivity contribution in [2.24, 2.45) is 0 Å². The van der Waals surface area contributed by atoms with Crippen LogP contribution in [0, 0.1) is 6.92 Å². The highest BCUT2D eigenvalue weighted by atomic mass is 32.2. The summed E-state index contributed by atoms with van der Waals surface area (Å²) >= 11 is 1.81. The Hall–Kier alpha value is -1.69. The zero-order chi connectivity index (χ0) is 16.3. The molecule has 5 nitrogen and oxygen atoms in total. The van der Waals surface area contributed by atoms with Gasteiger partial charge in [-0.15, -0.1) is 11.8 Å². The van der Waals surface area contributed by atoms with E-state index in [0.717, 1.165) is 11.3 Å². The number of hydrogen-bond donors (Lipinski definition) is 2. The Morgan fingerprint density at radius 1 is 1.41 bits per heavy atom. The molecule has 0 spiro atoms. The van der Waals surface area contributed by atoms with E-state index in [0.29, 0.717) is 13.1 Å². The summed E-state index contributed by atoms with van der Waals surface area (Å²) in [6, 6.07) is 5.85. The van der Waals surface area contributed by atoms with E-state index in [-0.39, 0.29) is 23.2 Å². The van der Waals surface area contributed by atoms with E-state index in [1.807, 2.05) is 24.8 Å². The van der Waals surface area contributed by atoms with Crippen LogP contribution in [-0.2, 0) is 4.79 Å². The smallest absolute Gasteiger partial charge is 0.324 e. The van der Waals surface area contributed by atoms with Crippen LogP contribution in [0.5, 0.6) is 0 Å². The van der Waals surface area contributed by atoms with Crippen LogP contribution in [0.15, 0.2) is 23.1 Å². The summed E-state index contributed by atoms with van der Waals surface area (Å²) in [5.41, 5.74) is 2.01. The minimum Gasteiger partial charge on any atom is -0.376 e. The molecule has 22 heavy (non-hydrogen) atoms. The number of thioether (sulfide) groups is 1. The number of nitrogens with zero attached hydrogens (tertiary/aromatic N) is 1. The van der Waals surface area contributed by atoms with Crippen LogP contribution >= 0.6 is 11.8 Å². The predicted octanol–water partition coefficient (Wildman–Crippen LogP) is 2.85. The van der Waals surface area contributed by atoms with E-state index in [9.17, 15) is 9.59 Å². The van der Waals surface area contributed by atoms with Crippen molar-refractivity contribution in [3.05, 3.63) is 23.8 Å². The minimum atomic E-state index is -0.305. The number of nitrogens with one attached hydrogen (secondary N) is 2. The first-order valence-corrected chi connectivity index (χ1v) is 8.20. The van der Waals surface area contributed by atoms with Gasteiger partial charge in [0.15, 0.2) is 0 Å². The summed E-state index contributed by atoms with van der Waals surface area (Å²) in [4.78, 5) is 25.9. The number of rotatable bonds is 4. The number of hydrogen-bond acceptors (Lipinski definition) is 4. The van der Waals surface area contributed by atoms with Gasteiger partial charge in [0.05, 0.1) is 6.54 Å². The highest BCUT2D eigenvalue weighted by molar-refractivity contribution is 8.00. The minimum absolute atomic E-state index is 0.125. The third kappa shape index (κ3) is 4.40. The maximum absolute atomic E-state index is 12.0. The van der Waals surface area contributed by atoms with Gasteiger partial charge in [-0.1, -0.05) is 20.8 Å². The molecule has 0 aliphatic carbocycles. The average Bonchev–Trinajstić information content (AvgIpc) is 2.82. The number of anilines is 1. The molecular weight excluding hydrogens is 298 g/mol. The third-order valence-electron chi connectivity index (χ3n) is 3.21. The lowest BCUT2D eigenvalue weighted by Gasteiger charge is -2.19. The Balaban J connectivity index is 1.96. The van der Waals surface area contributed by atoms with Gasteiger partial charge < -0.3 is 10.6 Å². The second kappa shape index (κ2) is 6.60. The topological polar surface area (TPSA) is 61.4 Å². The van der Waals surface area contributed by atoms with Crippen LogP contribution < -0.4 is 10.6 Å². The highest BCUT2D eigenvalue weighted by Gasteiger charge is 2.25. The van der Waals surface area contributed by atoms with Crippen molar-refractivity contribution in [1.82, 2.24) is 10.2 Å². The lowest BCUT2D eigenvalue weighted by molar-refractivity contribution is -0.125. The second-order valence-electron chi connectivity index (χ2n) is 6.32. The molecule has 0 atom stereocenters. The molecule has 0 saturated carbocycles. The number of urea groups is 1. The van der Waals surface area contributed by atoms with Gasteiger partial charge in [0, 0.05) is 28.4 Å². The van der Waals surface area contributed by atoms with E-state index in [1.165, 1.54) is 9.80 Å². The summed E-state index contributed by atoms with van der Waals surface area (Å²) < 4.78 is 0.167. The quantitative estimate of drug-likeness (QED) is 0.837. The molecule has 1 heterocycles. The van der Waals surface area contributed by atoms with Crippen molar-refractivity contribution in [2.45, 2.75) is 37.3 Å². The monoisotopic (exact) mass is 321 g/mol. The molecule has 0 aromatic heterocycles. The van der Waals surface area contributed by atoms with Crippen molar-refractivity contribution in [3.63, 3.8) is 0 Å². The fourth-order valence-corrected chi connectivity index (χ4v) is 3.31. The lowest BCUT2D eigenvalue weighted by atomic mass is 10.2. The van der Waals surface area contributed by atoms with Gasteiger partial charge in [0.25, 0.3) is 0 Å². The van der Waals surface area contributed by atoms with Gasteiger partial charge in [-0.2, -0.15) is 0 Å². The van der Waals surface area contributed by atoms with E-state index < -0.39 is 0 Å². The highest BCUT2D eigenvalue weighted by Crippen LogP contribution is 2.33. The van der Waals surface area contributed by atoms with Gasteiger partial charge >= 0.3 is 6.03 Å². The molecule has 1 aromatic carbocycles. The molecule has 1 aliphatic rings. The van der Waals surface area contributed by atoms with Crippen molar-refractivity contribution in [3.8, 4) is 0 Å². The number of benzene rings is 1. The fourth-order valence-electron chi connectivity index (χ4n) is 2.23. The first-order chi connectivity index (χ1) is 10.3. The molecule has 1 fully saturated rings. The Bertz CT molecular complexity index is 581. The molecule has 3 amide bonds. The van der Waals surface area contributed by atoms with Gasteiger partial charge in [-0.05, 0) is 30.7 Å². The first-order valence-electron chi connectivity index (χ1n) is 7.38. The SMILES string of the molecule is Cc1cc(SC(C)(C)C)ccc1NCC(=O)N1CCNC1=O. The van der Waals surface area contributed by atoms with Crippen molar-refractivity contribution in [1.29, 1.82) is 0 Å². The van der Waals surface area contributed by atoms with Crippen molar-refractivity contribution in [2.75, 3.05) is 25.0 Å². The van der Waals surface area contributed by atoms with E-state index in [4.69, 9.17) is 0 Å². The van der Waals surface area contributed by atoms with Crippen LogP contribution in [0.25, 0.3) is 0 Å².